The third kappa shape index (κ3) is 20.5. The second-order valence-electron chi connectivity index (χ2n) is 17.2. The van der Waals surface area contributed by atoms with Crippen LogP contribution in [-0.4, -0.2) is 97.3 Å². The summed E-state index contributed by atoms with van der Waals surface area (Å²) >= 11 is 12.2. The van der Waals surface area contributed by atoms with Crippen molar-refractivity contribution in [3.8, 4) is 22.3 Å². The molecule has 0 aliphatic rings. The Hall–Kier alpha value is -7.42. The zero-order valence-corrected chi connectivity index (χ0v) is 41.5. The van der Waals surface area contributed by atoms with E-state index in [2.05, 4.69) is 37.2 Å². The van der Waals surface area contributed by atoms with E-state index in [1.54, 1.807) is 36.4 Å². The predicted octanol–water partition coefficient (Wildman–Crippen LogP) is 2.43. The molecule has 22 heteroatoms. The van der Waals surface area contributed by atoms with Crippen LogP contribution in [-0.2, 0) is 36.8 Å². The number of nitrogens with one attached hydrogen (secondary N) is 10. The van der Waals surface area contributed by atoms with E-state index in [1.807, 2.05) is 60.7 Å². The van der Waals surface area contributed by atoms with Gasteiger partial charge in [-0.15, -0.1) is 0 Å². The number of carbonyl (C=O) groups is 5. The van der Waals surface area contributed by atoms with Crippen LogP contribution in [0.15, 0.2) is 97.1 Å². The molecular weight excluding hydrogens is 962 g/mol. The van der Waals surface area contributed by atoms with Crippen LogP contribution in [0.2, 0.25) is 10.0 Å². The normalized spacial score (nSPS) is 12.9. The van der Waals surface area contributed by atoms with Crippen molar-refractivity contribution in [3.63, 3.8) is 0 Å². The van der Waals surface area contributed by atoms with Gasteiger partial charge in [0.1, 0.15) is 24.2 Å². The highest BCUT2D eigenvalue weighted by molar-refractivity contribution is 6.31. The van der Waals surface area contributed by atoms with Gasteiger partial charge >= 0.3 is 0 Å². The van der Waals surface area contributed by atoms with Gasteiger partial charge in [-0.1, -0.05) is 96.0 Å². The summed E-state index contributed by atoms with van der Waals surface area (Å²) in [6, 6.07) is 23.4. The summed E-state index contributed by atoms with van der Waals surface area (Å²) in [4.78, 5) is 69.5. The van der Waals surface area contributed by atoms with Crippen LogP contribution < -0.4 is 65.9 Å². The van der Waals surface area contributed by atoms with E-state index in [0.717, 1.165) is 22.3 Å². The molecule has 0 saturated heterocycles. The minimum atomic E-state index is -1.29. The molecule has 0 heterocycles. The molecule has 72 heavy (non-hydrogen) atoms. The summed E-state index contributed by atoms with van der Waals surface area (Å²) in [5.41, 5.74) is 33.3. The number of halogens is 2. The lowest BCUT2D eigenvalue weighted by Gasteiger charge is -2.27. The van der Waals surface area contributed by atoms with Gasteiger partial charge in [0.25, 0.3) is 0 Å². The Morgan fingerprint density at radius 3 is 1.14 bits per heavy atom. The molecule has 0 fully saturated rings. The molecule has 0 bridgehead atoms. The van der Waals surface area contributed by atoms with Crippen LogP contribution in [0.25, 0.3) is 22.3 Å². The monoisotopic (exact) mass is 1030 g/mol. The first-order chi connectivity index (χ1) is 34.4. The number of rotatable bonds is 29. The summed E-state index contributed by atoms with van der Waals surface area (Å²) in [7, 11) is 0. The quantitative estimate of drug-likeness (QED) is 0.0212. The summed E-state index contributed by atoms with van der Waals surface area (Å²) in [5, 5.41) is 42.7. The van der Waals surface area contributed by atoms with Crippen LogP contribution in [0.3, 0.4) is 0 Å². The van der Waals surface area contributed by atoms with Crippen molar-refractivity contribution in [1.29, 1.82) is 16.2 Å². The van der Waals surface area contributed by atoms with E-state index >= 15 is 0 Å². The van der Waals surface area contributed by atoms with Gasteiger partial charge in [0.2, 0.25) is 29.5 Å². The first kappa shape index (κ1) is 57.2. The lowest BCUT2D eigenvalue weighted by Crippen LogP contribution is -2.59. The Balaban J connectivity index is 1.62. The van der Waals surface area contributed by atoms with E-state index < -0.39 is 59.7 Å². The van der Waals surface area contributed by atoms with E-state index in [9.17, 15) is 24.0 Å². The fraction of sp³-hybridized carbons (Fsp3) is 0.360. The SMILES string of the molecule is N=C(N)NCCCC[C@@H](N)C(=O)N[C@H](Cc1ccc(-c2ccc(Cl)cc2)cc1)C(=O)N[C@H](CCCNC(=N)N)C(=O)N[C@H](Cc1ccc(-c2ccc(Cl)cc2)cc1)C(=O)N[C@H](CCCCNC(=N)N)C(N)=O. The fourth-order valence-electron chi connectivity index (χ4n) is 7.56. The van der Waals surface area contributed by atoms with Crippen molar-refractivity contribution in [2.75, 3.05) is 19.6 Å². The Kier molecular flexibility index (Phi) is 23.6. The average molecular weight is 1030 g/mol. The molecule has 0 aromatic heterocycles. The Morgan fingerprint density at radius 1 is 0.417 bits per heavy atom. The van der Waals surface area contributed by atoms with Crippen LogP contribution in [0.5, 0.6) is 0 Å². The molecule has 0 spiro atoms. The number of hydrogen-bond donors (Lipinski definition) is 15. The van der Waals surface area contributed by atoms with Crippen molar-refractivity contribution < 1.29 is 24.0 Å². The topological polar surface area (TPSA) is 371 Å². The second kappa shape index (κ2) is 29.7. The van der Waals surface area contributed by atoms with Gasteiger partial charge in [0, 0.05) is 42.5 Å². The molecule has 0 aliphatic heterocycles. The standard InChI is InChI=1S/C50H67Cl2N15O5/c51-36-21-17-34(18-22-36)32-13-9-30(10-14-32)28-41(66-44(69)38(53)6-1-3-25-61-48(55)56)47(72)65-40(8-5-27-63-50(59)60)45(70)67-42(46(71)64-39(43(54)68)7-2-4-26-62-49(57)58)29-31-11-15-33(16-12-31)35-19-23-37(52)24-20-35/h9-24,38-42H,1-8,25-29,53H2,(H2,54,68)(H,64,71)(H,65,72)(H,66,69)(H,67,70)(H4,55,56,61)(H4,57,58,62)(H4,59,60,63)/t38-,39-,40-,41-,42-/m1/s1. The van der Waals surface area contributed by atoms with Crippen LogP contribution >= 0.6 is 23.2 Å². The zero-order valence-electron chi connectivity index (χ0n) is 40.0. The second-order valence-corrected chi connectivity index (χ2v) is 18.1. The first-order valence-corrected chi connectivity index (χ1v) is 24.3. The zero-order chi connectivity index (χ0) is 52.6. The number of benzene rings is 4. The highest BCUT2D eigenvalue weighted by atomic mass is 35.5. The molecule has 386 valence electrons. The van der Waals surface area contributed by atoms with Crippen molar-refractivity contribution in [1.82, 2.24) is 37.2 Å². The molecule has 20 nitrogen and oxygen atoms in total. The Morgan fingerprint density at radius 2 is 0.736 bits per heavy atom. The molecule has 20 N–H and O–H groups in total. The van der Waals surface area contributed by atoms with Crippen LogP contribution in [0.1, 0.15) is 62.5 Å². The van der Waals surface area contributed by atoms with Gasteiger partial charge in [0.15, 0.2) is 17.9 Å². The smallest absolute Gasteiger partial charge is 0.243 e. The number of amides is 5. The highest BCUT2D eigenvalue weighted by Crippen LogP contribution is 2.24. The van der Waals surface area contributed by atoms with Crippen molar-refractivity contribution >= 4 is 70.6 Å². The maximum absolute atomic E-state index is 14.5. The molecule has 4 rings (SSSR count). The molecule has 0 aliphatic carbocycles. The van der Waals surface area contributed by atoms with E-state index in [4.69, 9.17) is 68.1 Å². The maximum Gasteiger partial charge on any atom is 0.243 e. The largest absolute Gasteiger partial charge is 0.370 e. The van der Waals surface area contributed by atoms with Crippen LogP contribution in [0.4, 0.5) is 0 Å². The number of carbonyl (C=O) groups excluding carboxylic acids is 5. The summed E-state index contributed by atoms with van der Waals surface area (Å²) in [6.45, 7) is 0.944. The van der Waals surface area contributed by atoms with E-state index in [0.29, 0.717) is 59.9 Å². The lowest BCUT2D eigenvalue weighted by molar-refractivity contribution is -0.134. The lowest BCUT2D eigenvalue weighted by atomic mass is 9.98. The molecular formula is C50H67Cl2N15O5. The molecule has 0 unspecified atom stereocenters. The number of unbranched alkanes of at least 4 members (excludes halogenated alkanes) is 2. The molecule has 0 radical (unpaired) electrons. The van der Waals surface area contributed by atoms with Crippen molar-refractivity contribution in [2.24, 2.45) is 28.7 Å². The van der Waals surface area contributed by atoms with Crippen molar-refractivity contribution in [3.05, 3.63) is 118 Å². The van der Waals surface area contributed by atoms with Gasteiger partial charge in [-0.2, -0.15) is 0 Å². The van der Waals surface area contributed by atoms with Gasteiger partial charge < -0.3 is 65.9 Å². The number of hydrogen-bond acceptors (Lipinski definition) is 9. The molecule has 0 saturated carbocycles. The molecule has 4 aromatic carbocycles. The minimum Gasteiger partial charge on any atom is -0.370 e. The van der Waals surface area contributed by atoms with Gasteiger partial charge in [-0.3, -0.25) is 40.2 Å². The number of guanidine groups is 3. The third-order valence-electron chi connectivity index (χ3n) is 11.5. The Labute approximate surface area is 429 Å². The maximum atomic E-state index is 14.5. The van der Waals surface area contributed by atoms with Gasteiger partial charge in [-0.05, 0) is 109 Å². The van der Waals surface area contributed by atoms with Gasteiger partial charge in [-0.25, -0.2) is 0 Å². The van der Waals surface area contributed by atoms with Crippen molar-refractivity contribution in [2.45, 2.75) is 94.4 Å². The predicted molar refractivity (Wildman–Crippen MR) is 283 cm³/mol. The molecule has 5 amide bonds. The third-order valence-corrected chi connectivity index (χ3v) is 12.0. The number of primary amides is 1. The van der Waals surface area contributed by atoms with E-state index in [1.165, 1.54) is 0 Å². The minimum absolute atomic E-state index is 0.00429. The average Bonchev–Trinajstić information content (AvgIpc) is 3.34. The first-order valence-electron chi connectivity index (χ1n) is 23.6. The summed E-state index contributed by atoms with van der Waals surface area (Å²) in [6.07, 6.45) is 2.69. The summed E-state index contributed by atoms with van der Waals surface area (Å²) < 4.78 is 0. The Bertz CT molecular complexity index is 2440. The highest BCUT2D eigenvalue weighted by Gasteiger charge is 2.32. The van der Waals surface area contributed by atoms with Crippen LogP contribution in [0, 0.1) is 16.2 Å². The fourth-order valence-corrected chi connectivity index (χ4v) is 7.81. The van der Waals surface area contributed by atoms with E-state index in [-0.39, 0.29) is 62.9 Å². The number of nitrogens with two attached hydrogens (primary N) is 5. The molecule has 4 aromatic rings. The summed E-state index contributed by atoms with van der Waals surface area (Å²) in [5.74, 6) is -4.23. The molecule has 5 atom stereocenters. The van der Waals surface area contributed by atoms with Gasteiger partial charge in [0.05, 0.1) is 6.04 Å².